The van der Waals surface area contributed by atoms with Gasteiger partial charge in [-0.05, 0) is 12.8 Å². The predicted molar refractivity (Wildman–Crippen MR) is 53.3 cm³/mol. The Morgan fingerprint density at radius 1 is 1.15 bits per heavy atom. The molecule has 0 atom stereocenters. The third-order valence-electron chi connectivity index (χ3n) is 2.07. The van der Waals surface area contributed by atoms with Gasteiger partial charge >= 0.3 is 0 Å². The van der Waals surface area contributed by atoms with Gasteiger partial charge in [0.15, 0.2) is 6.29 Å². The van der Waals surface area contributed by atoms with Crippen molar-refractivity contribution in [2.24, 2.45) is 0 Å². The molecular weight excluding hydrogens is 164 g/mol. The zero-order chi connectivity index (χ0) is 9.94. The highest BCUT2D eigenvalue weighted by atomic mass is 16.1. The van der Waals surface area contributed by atoms with Crippen LogP contribution in [0.25, 0.3) is 0 Å². The van der Waals surface area contributed by atoms with Crippen LogP contribution in [-0.4, -0.2) is 12.2 Å². The van der Waals surface area contributed by atoms with Crippen LogP contribution in [0.15, 0.2) is 5.57 Å². The summed E-state index contributed by atoms with van der Waals surface area (Å²) in [6.07, 6.45) is 8.25. The second kappa shape index (κ2) is 9.21. The van der Waals surface area contributed by atoms with E-state index in [-0.39, 0.29) is 5.57 Å². The fourth-order valence-electron chi connectivity index (χ4n) is 1.23. The monoisotopic (exact) mass is 182 g/mol. The van der Waals surface area contributed by atoms with E-state index in [0.717, 1.165) is 12.8 Å². The molecule has 13 heavy (non-hydrogen) atoms. The summed E-state index contributed by atoms with van der Waals surface area (Å²) in [7, 11) is 0. The van der Waals surface area contributed by atoms with Crippen molar-refractivity contribution >= 4 is 12.2 Å². The van der Waals surface area contributed by atoms with Gasteiger partial charge in [0.05, 0.1) is 5.57 Å². The maximum Gasteiger partial charge on any atom is 0.157 e. The largest absolute Gasteiger partial charge is 0.297 e. The maximum absolute atomic E-state index is 10.2. The average Bonchev–Trinajstić information content (AvgIpc) is 2.17. The molecule has 0 amide bonds. The van der Waals surface area contributed by atoms with Crippen molar-refractivity contribution in [3.05, 3.63) is 5.57 Å². The van der Waals surface area contributed by atoms with Crippen molar-refractivity contribution in [3.63, 3.8) is 0 Å². The Bertz CT molecular complexity index is 179. The average molecular weight is 182 g/mol. The van der Waals surface area contributed by atoms with Crippen LogP contribution in [0.5, 0.6) is 0 Å². The quantitative estimate of drug-likeness (QED) is 0.250. The lowest BCUT2D eigenvalue weighted by molar-refractivity contribution is -0.104. The number of carbonyl (C=O) groups excluding carboxylic acids is 2. The van der Waals surface area contributed by atoms with Crippen molar-refractivity contribution in [2.45, 2.75) is 51.9 Å². The fraction of sp³-hybridized carbons (Fsp3) is 0.727. The van der Waals surface area contributed by atoms with Crippen LogP contribution in [0.1, 0.15) is 51.9 Å². The number of unbranched alkanes of at least 4 members (excludes halogenated alkanes) is 5. The molecule has 0 N–H and O–H groups in total. The van der Waals surface area contributed by atoms with Gasteiger partial charge in [0.1, 0.15) is 5.94 Å². The molecule has 0 heterocycles. The summed E-state index contributed by atoms with van der Waals surface area (Å²) in [6, 6.07) is 0. The lowest BCUT2D eigenvalue weighted by atomic mass is 10.1. The molecule has 0 rings (SSSR count). The van der Waals surface area contributed by atoms with E-state index in [4.69, 9.17) is 0 Å². The summed E-state index contributed by atoms with van der Waals surface area (Å²) in [5.74, 6) is 1.65. The molecule has 0 aromatic heterocycles. The highest BCUT2D eigenvalue weighted by molar-refractivity contribution is 5.85. The van der Waals surface area contributed by atoms with E-state index in [0.29, 0.717) is 12.7 Å². The zero-order valence-electron chi connectivity index (χ0n) is 8.34. The Balaban J connectivity index is 3.25. The molecule has 0 saturated carbocycles. The first-order valence-electron chi connectivity index (χ1n) is 5.04. The van der Waals surface area contributed by atoms with E-state index < -0.39 is 0 Å². The first-order chi connectivity index (χ1) is 6.35. The minimum Gasteiger partial charge on any atom is -0.297 e. The lowest BCUT2D eigenvalue weighted by Crippen LogP contribution is -1.86. The minimum atomic E-state index is 0.274. The molecule has 0 spiro atoms. The van der Waals surface area contributed by atoms with Gasteiger partial charge in [-0.1, -0.05) is 39.0 Å². The maximum atomic E-state index is 10.2. The first-order valence-corrected chi connectivity index (χ1v) is 5.04. The van der Waals surface area contributed by atoms with Gasteiger partial charge < -0.3 is 0 Å². The molecule has 2 heteroatoms. The predicted octanol–water partition coefficient (Wildman–Crippen LogP) is 2.69. The van der Waals surface area contributed by atoms with Crippen LogP contribution in [0.3, 0.4) is 0 Å². The molecule has 0 unspecified atom stereocenters. The molecule has 0 bridgehead atoms. The number of aldehydes is 1. The molecule has 0 aliphatic heterocycles. The number of hydrogen-bond acceptors (Lipinski definition) is 2. The van der Waals surface area contributed by atoms with Crippen LogP contribution in [0, 0.1) is 0 Å². The Labute approximate surface area is 80.0 Å². The third kappa shape index (κ3) is 7.48. The summed E-state index contributed by atoms with van der Waals surface area (Å²) >= 11 is 0. The molecule has 0 aromatic carbocycles. The molecule has 0 aromatic rings. The highest BCUT2D eigenvalue weighted by Crippen LogP contribution is 2.08. The fourth-order valence-corrected chi connectivity index (χ4v) is 1.23. The van der Waals surface area contributed by atoms with Gasteiger partial charge in [-0.15, -0.1) is 0 Å². The van der Waals surface area contributed by atoms with Gasteiger partial charge in [-0.25, -0.2) is 4.79 Å². The lowest BCUT2D eigenvalue weighted by Gasteiger charge is -1.98. The van der Waals surface area contributed by atoms with Crippen LogP contribution in [0.2, 0.25) is 0 Å². The van der Waals surface area contributed by atoms with E-state index in [1.54, 1.807) is 5.94 Å². The number of carbonyl (C=O) groups is 1. The van der Waals surface area contributed by atoms with E-state index in [1.807, 2.05) is 0 Å². The zero-order valence-corrected chi connectivity index (χ0v) is 8.34. The van der Waals surface area contributed by atoms with Crippen molar-refractivity contribution in [3.8, 4) is 0 Å². The Kier molecular flexibility index (Phi) is 8.59. The first kappa shape index (κ1) is 12.1. The standard InChI is InChI=1S/C11H18O2/c1-2-3-4-5-6-7-8-11(9-12)10-13/h9H,2-8H2,1H3. The third-order valence-corrected chi connectivity index (χ3v) is 2.07. The van der Waals surface area contributed by atoms with Crippen LogP contribution in [-0.2, 0) is 9.59 Å². The van der Waals surface area contributed by atoms with Gasteiger partial charge in [0.2, 0.25) is 0 Å². The van der Waals surface area contributed by atoms with Crippen LogP contribution >= 0.6 is 0 Å². The second-order valence-corrected chi connectivity index (χ2v) is 3.26. The number of allylic oxidation sites excluding steroid dienone is 1. The van der Waals surface area contributed by atoms with E-state index in [1.165, 1.54) is 25.7 Å². The molecular formula is C11H18O2. The highest BCUT2D eigenvalue weighted by Gasteiger charge is 1.96. The van der Waals surface area contributed by atoms with Crippen LogP contribution in [0.4, 0.5) is 0 Å². The minimum absolute atomic E-state index is 0.274. The Morgan fingerprint density at radius 3 is 2.31 bits per heavy atom. The summed E-state index contributed by atoms with van der Waals surface area (Å²) in [5, 5.41) is 0. The number of hydrogen-bond donors (Lipinski definition) is 0. The van der Waals surface area contributed by atoms with Crippen molar-refractivity contribution in [1.82, 2.24) is 0 Å². The molecule has 0 fully saturated rings. The topological polar surface area (TPSA) is 34.1 Å². The Hall–Kier alpha value is -0.880. The molecule has 0 radical (unpaired) electrons. The van der Waals surface area contributed by atoms with Gasteiger partial charge in [0.25, 0.3) is 0 Å². The molecule has 0 aliphatic rings. The number of rotatable bonds is 8. The smallest absolute Gasteiger partial charge is 0.157 e. The van der Waals surface area contributed by atoms with Gasteiger partial charge in [-0.2, -0.15) is 0 Å². The van der Waals surface area contributed by atoms with E-state index in [9.17, 15) is 9.59 Å². The van der Waals surface area contributed by atoms with E-state index in [2.05, 4.69) is 6.92 Å². The summed E-state index contributed by atoms with van der Waals surface area (Å²) in [6.45, 7) is 2.18. The van der Waals surface area contributed by atoms with Gasteiger partial charge in [0, 0.05) is 0 Å². The van der Waals surface area contributed by atoms with E-state index >= 15 is 0 Å². The van der Waals surface area contributed by atoms with Crippen molar-refractivity contribution in [1.29, 1.82) is 0 Å². The molecule has 0 saturated heterocycles. The Morgan fingerprint density at radius 2 is 1.77 bits per heavy atom. The van der Waals surface area contributed by atoms with Crippen LogP contribution < -0.4 is 0 Å². The van der Waals surface area contributed by atoms with Crippen molar-refractivity contribution in [2.75, 3.05) is 0 Å². The van der Waals surface area contributed by atoms with Gasteiger partial charge in [-0.3, -0.25) is 4.79 Å². The molecule has 2 nitrogen and oxygen atoms in total. The SMILES string of the molecule is CCCCCCCCC(=C=O)C=O. The summed E-state index contributed by atoms with van der Waals surface area (Å²) in [5.41, 5.74) is 0.274. The normalized spacial score (nSPS) is 9.31. The summed E-state index contributed by atoms with van der Waals surface area (Å²) < 4.78 is 0. The molecule has 74 valence electrons. The second-order valence-electron chi connectivity index (χ2n) is 3.26. The summed E-state index contributed by atoms with van der Waals surface area (Å²) in [4.78, 5) is 20.3. The van der Waals surface area contributed by atoms with Crippen molar-refractivity contribution < 1.29 is 9.59 Å². The molecule has 0 aliphatic carbocycles.